The van der Waals surface area contributed by atoms with Gasteiger partial charge in [0.05, 0.1) is 6.61 Å². The Morgan fingerprint density at radius 1 is 1.37 bits per heavy atom. The number of aromatic nitrogens is 3. The first-order valence-electron chi connectivity index (χ1n) is 10.1. The van der Waals surface area contributed by atoms with Crippen LogP contribution in [0.5, 0.6) is 0 Å². The quantitative estimate of drug-likeness (QED) is 0.331. The van der Waals surface area contributed by atoms with Gasteiger partial charge in [-0.25, -0.2) is 0 Å². The highest BCUT2D eigenvalue weighted by atomic mass is 32.2. The fourth-order valence-corrected chi connectivity index (χ4v) is 4.59. The van der Waals surface area contributed by atoms with Crippen LogP contribution in [0.4, 0.5) is 0 Å². The van der Waals surface area contributed by atoms with Crippen LogP contribution in [0, 0.1) is 11.3 Å². The molecule has 0 aromatic carbocycles. The number of ether oxygens (including phenoxy) is 1. The Kier molecular flexibility index (Phi) is 7.03. The van der Waals surface area contributed by atoms with E-state index in [0.29, 0.717) is 11.3 Å². The summed E-state index contributed by atoms with van der Waals surface area (Å²) in [5, 5.41) is 13.3. The van der Waals surface area contributed by atoms with Gasteiger partial charge in [0, 0.05) is 51.7 Å². The standard InChI is InChI=1S/C19H34N6OS/c1-15(2)12-25-16(22-23-18(25)27-4)6-5-9-21-17(20-3)24-10-7-19(13-24)8-11-26-14-19/h15H,5-14H2,1-4H3,(H,20,21). The van der Waals surface area contributed by atoms with Crippen LogP contribution < -0.4 is 5.32 Å². The van der Waals surface area contributed by atoms with Crippen molar-refractivity contribution >= 4 is 17.7 Å². The third-order valence-corrected chi connectivity index (χ3v) is 6.19. The summed E-state index contributed by atoms with van der Waals surface area (Å²) >= 11 is 1.67. The first-order valence-corrected chi connectivity index (χ1v) is 11.3. The molecule has 0 bridgehead atoms. The summed E-state index contributed by atoms with van der Waals surface area (Å²) in [4.78, 5) is 6.89. The Morgan fingerprint density at radius 3 is 2.89 bits per heavy atom. The molecular weight excluding hydrogens is 360 g/mol. The van der Waals surface area contributed by atoms with Gasteiger partial charge >= 0.3 is 0 Å². The third-order valence-electron chi connectivity index (χ3n) is 5.52. The lowest BCUT2D eigenvalue weighted by molar-refractivity contribution is 0.156. The Labute approximate surface area is 167 Å². The minimum Gasteiger partial charge on any atom is -0.381 e. The van der Waals surface area contributed by atoms with Crippen molar-refractivity contribution in [3.8, 4) is 0 Å². The molecule has 0 saturated carbocycles. The average Bonchev–Trinajstić information content (AvgIpc) is 3.37. The largest absolute Gasteiger partial charge is 0.381 e. The van der Waals surface area contributed by atoms with Gasteiger partial charge < -0.3 is 19.5 Å². The van der Waals surface area contributed by atoms with E-state index in [1.807, 2.05) is 7.05 Å². The Balaban J connectivity index is 1.47. The van der Waals surface area contributed by atoms with Crippen molar-refractivity contribution in [1.82, 2.24) is 25.0 Å². The number of aliphatic imine (C=N–C) groups is 1. The van der Waals surface area contributed by atoms with Crippen LogP contribution in [0.3, 0.4) is 0 Å². The van der Waals surface area contributed by atoms with Crippen LogP contribution in [-0.2, 0) is 17.7 Å². The molecule has 8 heteroatoms. The van der Waals surface area contributed by atoms with E-state index < -0.39 is 0 Å². The molecule has 1 aromatic heterocycles. The van der Waals surface area contributed by atoms with E-state index in [-0.39, 0.29) is 0 Å². The predicted molar refractivity (Wildman–Crippen MR) is 110 cm³/mol. The number of hydrogen-bond acceptors (Lipinski definition) is 5. The summed E-state index contributed by atoms with van der Waals surface area (Å²) in [6, 6.07) is 0. The summed E-state index contributed by atoms with van der Waals surface area (Å²) in [6.07, 6.45) is 6.41. The molecule has 1 spiro atoms. The van der Waals surface area contributed by atoms with E-state index in [1.165, 1.54) is 12.8 Å². The van der Waals surface area contributed by atoms with Crippen molar-refractivity contribution in [2.45, 2.75) is 51.2 Å². The number of rotatable bonds is 7. The number of nitrogens with zero attached hydrogens (tertiary/aromatic N) is 5. The number of likely N-dealkylation sites (tertiary alicyclic amines) is 1. The maximum absolute atomic E-state index is 5.64. The molecule has 1 aromatic rings. The fraction of sp³-hybridized carbons (Fsp3) is 0.842. The van der Waals surface area contributed by atoms with Crippen molar-refractivity contribution in [3.63, 3.8) is 0 Å². The van der Waals surface area contributed by atoms with Gasteiger partial charge in [0.1, 0.15) is 5.82 Å². The van der Waals surface area contributed by atoms with Crippen LogP contribution >= 0.6 is 11.8 Å². The summed E-state index contributed by atoms with van der Waals surface area (Å²) in [5.74, 6) is 2.70. The lowest BCUT2D eigenvalue weighted by atomic mass is 9.87. The van der Waals surface area contributed by atoms with Gasteiger partial charge in [-0.1, -0.05) is 25.6 Å². The second-order valence-electron chi connectivity index (χ2n) is 8.16. The third kappa shape index (κ3) is 4.96. The van der Waals surface area contributed by atoms with Crippen LogP contribution in [0.2, 0.25) is 0 Å². The molecule has 27 heavy (non-hydrogen) atoms. The highest BCUT2D eigenvalue weighted by Gasteiger charge is 2.42. The molecule has 0 radical (unpaired) electrons. The molecule has 152 valence electrons. The molecule has 1 unspecified atom stereocenters. The van der Waals surface area contributed by atoms with Crippen LogP contribution in [-0.4, -0.2) is 71.8 Å². The van der Waals surface area contributed by atoms with Gasteiger partial charge in [-0.3, -0.25) is 4.99 Å². The molecule has 2 aliphatic heterocycles. The molecular formula is C19H34N6OS. The van der Waals surface area contributed by atoms with Gasteiger partial charge in [-0.05, 0) is 31.4 Å². The first-order chi connectivity index (χ1) is 13.1. The van der Waals surface area contributed by atoms with E-state index in [4.69, 9.17) is 4.74 Å². The topological polar surface area (TPSA) is 67.6 Å². The maximum Gasteiger partial charge on any atom is 0.193 e. The minimum absolute atomic E-state index is 0.360. The van der Waals surface area contributed by atoms with Crippen molar-refractivity contribution in [2.75, 3.05) is 46.2 Å². The molecule has 0 aliphatic carbocycles. The number of aryl methyl sites for hydroxylation is 1. The molecule has 2 saturated heterocycles. The smallest absolute Gasteiger partial charge is 0.193 e. The molecule has 3 heterocycles. The highest BCUT2D eigenvalue weighted by Crippen LogP contribution is 2.38. The SMILES string of the molecule is CN=C(NCCCc1nnc(SC)n1CC(C)C)N1CCC2(CCOC2)C1. The summed E-state index contributed by atoms with van der Waals surface area (Å²) in [6.45, 7) is 10.3. The molecule has 7 nitrogen and oxygen atoms in total. The number of nitrogens with one attached hydrogen (secondary N) is 1. The van der Waals surface area contributed by atoms with Crippen molar-refractivity contribution in [1.29, 1.82) is 0 Å². The zero-order valence-corrected chi connectivity index (χ0v) is 18.0. The van der Waals surface area contributed by atoms with Gasteiger partial charge in [0.25, 0.3) is 0 Å². The number of guanidine groups is 1. The van der Waals surface area contributed by atoms with E-state index in [2.05, 4.69) is 50.1 Å². The summed E-state index contributed by atoms with van der Waals surface area (Å²) in [7, 11) is 1.88. The van der Waals surface area contributed by atoms with Crippen molar-refractivity contribution in [3.05, 3.63) is 5.82 Å². The van der Waals surface area contributed by atoms with Gasteiger partial charge in [-0.15, -0.1) is 10.2 Å². The molecule has 1 atom stereocenters. The zero-order chi connectivity index (χ0) is 19.3. The Hall–Kier alpha value is -1.28. The van der Waals surface area contributed by atoms with E-state index >= 15 is 0 Å². The second-order valence-corrected chi connectivity index (χ2v) is 8.93. The molecule has 3 rings (SSSR count). The van der Waals surface area contributed by atoms with E-state index in [1.54, 1.807) is 11.8 Å². The van der Waals surface area contributed by atoms with Gasteiger partial charge in [-0.2, -0.15) is 0 Å². The van der Waals surface area contributed by atoms with Gasteiger partial charge in [0.2, 0.25) is 0 Å². The van der Waals surface area contributed by atoms with Crippen LogP contribution in [0.15, 0.2) is 10.1 Å². The van der Waals surface area contributed by atoms with Crippen LogP contribution in [0.1, 0.15) is 38.9 Å². The Morgan fingerprint density at radius 2 is 2.22 bits per heavy atom. The lowest BCUT2D eigenvalue weighted by Gasteiger charge is -2.25. The molecule has 2 fully saturated rings. The number of hydrogen-bond donors (Lipinski definition) is 1. The predicted octanol–water partition coefficient (Wildman–Crippen LogP) is 2.28. The molecule has 0 amide bonds. The highest BCUT2D eigenvalue weighted by molar-refractivity contribution is 7.98. The summed E-state index contributed by atoms with van der Waals surface area (Å²) < 4.78 is 7.91. The van der Waals surface area contributed by atoms with Crippen molar-refractivity contribution < 1.29 is 4.74 Å². The minimum atomic E-state index is 0.360. The van der Waals surface area contributed by atoms with Crippen molar-refractivity contribution in [2.24, 2.45) is 16.3 Å². The zero-order valence-electron chi connectivity index (χ0n) is 17.2. The molecule has 2 aliphatic rings. The Bertz CT molecular complexity index is 638. The van der Waals surface area contributed by atoms with E-state index in [9.17, 15) is 0 Å². The normalized spacial score (nSPS) is 23.1. The van der Waals surface area contributed by atoms with Gasteiger partial charge in [0.15, 0.2) is 11.1 Å². The van der Waals surface area contributed by atoms with E-state index in [0.717, 1.165) is 69.2 Å². The monoisotopic (exact) mass is 394 g/mol. The summed E-state index contributed by atoms with van der Waals surface area (Å²) in [5.41, 5.74) is 0.360. The number of thioether (sulfide) groups is 1. The van der Waals surface area contributed by atoms with Crippen LogP contribution in [0.25, 0.3) is 0 Å². The fourth-order valence-electron chi connectivity index (χ4n) is 4.07. The maximum atomic E-state index is 5.64. The first kappa shape index (κ1) is 20.5. The second kappa shape index (κ2) is 9.28. The molecule has 1 N–H and O–H groups in total. The lowest BCUT2D eigenvalue weighted by Crippen LogP contribution is -2.41. The average molecular weight is 395 g/mol.